The van der Waals surface area contributed by atoms with Crippen molar-refractivity contribution < 1.29 is 19.4 Å². The highest BCUT2D eigenvalue weighted by Gasteiger charge is 2.66. The molecule has 0 aromatic carbocycles. The van der Waals surface area contributed by atoms with Gasteiger partial charge in [-0.25, -0.2) is 0 Å². The molecule has 4 unspecified atom stereocenters. The number of carbonyl (C=O) groups excluding carboxylic acids is 1. The molecule has 2 saturated heterocycles. The Morgan fingerprint density at radius 3 is 3.14 bits per heavy atom. The molecule has 0 saturated carbocycles. The van der Waals surface area contributed by atoms with Crippen molar-refractivity contribution in [2.75, 3.05) is 6.54 Å². The van der Waals surface area contributed by atoms with Gasteiger partial charge in [-0.3, -0.25) is 14.6 Å². The number of fused-ring (bicyclic) bond motifs is 1. The van der Waals surface area contributed by atoms with Crippen LogP contribution in [0.2, 0.25) is 0 Å². The summed E-state index contributed by atoms with van der Waals surface area (Å²) in [4.78, 5) is 29.8. The number of carboxylic acid groups (broad SMARTS) is 1. The van der Waals surface area contributed by atoms with Crippen molar-refractivity contribution in [2.45, 2.75) is 18.2 Å². The quantitative estimate of drug-likeness (QED) is 0.816. The third-order valence-electron chi connectivity index (χ3n) is 4.56. The van der Waals surface area contributed by atoms with Crippen LogP contribution in [0.3, 0.4) is 0 Å². The molecule has 1 spiro atoms. The number of rotatable bonds is 3. The van der Waals surface area contributed by atoms with Crippen molar-refractivity contribution in [1.82, 2.24) is 9.88 Å². The van der Waals surface area contributed by atoms with Crippen molar-refractivity contribution >= 4 is 11.9 Å². The van der Waals surface area contributed by atoms with Gasteiger partial charge in [-0.1, -0.05) is 18.2 Å². The molecule has 4 rings (SSSR count). The Balaban J connectivity index is 1.63. The first-order valence-corrected chi connectivity index (χ1v) is 6.88. The molecular weight excluding hydrogens is 272 g/mol. The highest BCUT2D eigenvalue weighted by molar-refractivity contribution is 5.90. The van der Waals surface area contributed by atoms with E-state index < -0.39 is 29.5 Å². The molecule has 2 fully saturated rings. The summed E-state index contributed by atoms with van der Waals surface area (Å²) < 4.78 is 5.83. The minimum absolute atomic E-state index is 0.141. The first-order valence-electron chi connectivity index (χ1n) is 6.88. The molecule has 1 amide bonds. The van der Waals surface area contributed by atoms with Crippen LogP contribution in [0.1, 0.15) is 5.56 Å². The molecule has 108 valence electrons. The smallest absolute Gasteiger partial charge is 0.310 e. The summed E-state index contributed by atoms with van der Waals surface area (Å²) in [5.41, 5.74) is 0.167. The lowest BCUT2D eigenvalue weighted by Gasteiger charge is -2.21. The zero-order valence-corrected chi connectivity index (χ0v) is 11.2. The summed E-state index contributed by atoms with van der Waals surface area (Å²) in [7, 11) is 0. The fourth-order valence-corrected chi connectivity index (χ4v) is 3.71. The van der Waals surface area contributed by atoms with Gasteiger partial charge in [0.05, 0.1) is 18.6 Å². The van der Waals surface area contributed by atoms with Crippen LogP contribution in [-0.2, 0) is 20.9 Å². The predicted octanol–water partition coefficient (Wildman–Crippen LogP) is 0.448. The highest BCUT2D eigenvalue weighted by atomic mass is 16.5. The maximum atomic E-state index is 12.6. The number of hydrogen-bond acceptors (Lipinski definition) is 4. The van der Waals surface area contributed by atoms with Crippen molar-refractivity contribution in [3.63, 3.8) is 0 Å². The first kappa shape index (κ1) is 12.5. The molecule has 21 heavy (non-hydrogen) atoms. The lowest BCUT2D eigenvalue weighted by Crippen LogP contribution is -2.39. The van der Waals surface area contributed by atoms with Crippen molar-refractivity contribution in [1.29, 1.82) is 0 Å². The largest absolute Gasteiger partial charge is 0.481 e. The molecule has 0 radical (unpaired) electrons. The zero-order valence-electron chi connectivity index (χ0n) is 11.2. The molecule has 0 aliphatic carbocycles. The van der Waals surface area contributed by atoms with Crippen LogP contribution >= 0.6 is 0 Å². The first-order chi connectivity index (χ1) is 10.1. The topological polar surface area (TPSA) is 79.7 Å². The summed E-state index contributed by atoms with van der Waals surface area (Å²) in [6, 6.07) is 3.71. The Morgan fingerprint density at radius 2 is 2.43 bits per heavy atom. The molecule has 4 atom stereocenters. The highest BCUT2D eigenvalue weighted by Crippen LogP contribution is 2.52. The summed E-state index contributed by atoms with van der Waals surface area (Å²) in [5, 5.41) is 9.38. The molecular formula is C15H14N2O4. The molecule has 3 aliphatic heterocycles. The van der Waals surface area contributed by atoms with E-state index in [0.29, 0.717) is 13.1 Å². The van der Waals surface area contributed by atoms with Gasteiger partial charge in [0, 0.05) is 18.9 Å². The Hall–Kier alpha value is -2.21. The Morgan fingerprint density at radius 1 is 1.57 bits per heavy atom. The number of hydrogen-bond donors (Lipinski definition) is 1. The third-order valence-corrected chi connectivity index (χ3v) is 4.56. The van der Waals surface area contributed by atoms with Gasteiger partial charge >= 0.3 is 5.97 Å². The maximum absolute atomic E-state index is 12.6. The predicted molar refractivity (Wildman–Crippen MR) is 71.0 cm³/mol. The van der Waals surface area contributed by atoms with Gasteiger partial charge in [0.15, 0.2) is 0 Å². The average Bonchev–Trinajstić information content (AvgIpc) is 3.09. The van der Waals surface area contributed by atoms with Crippen molar-refractivity contribution in [3.05, 3.63) is 42.2 Å². The van der Waals surface area contributed by atoms with Crippen LogP contribution in [0.15, 0.2) is 36.7 Å². The van der Waals surface area contributed by atoms with E-state index in [1.165, 1.54) is 0 Å². The minimum Gasteiger partial charge on any atom is -0.481 e. The van der Waals surface area contributed by atoms with Gasteiger partial charge in [0.25, 0.3) is 0 Å². The SMILES string of the molecule is O=C(O)C1C2C=CC3(CN(Cc4cccnc4)C(=O)C13)O2. The standard InChI is InChI=1S/C15H14N2O4/c18-13-12-11(14(19)20)10-3-4-15(12,21-10)8-17(13)7-9-2-1-5-16-6-9/h1-6,10-12H,7-8H2,(H,19,20). The van der Waals surface area contributed by atoms with E-state index in [1.54, 1.807) is 23.4 Å². The molecule has 3 aliphatic rings. The minimum atomic E-state index is -0.965. The Kier molecular flexibility index (Phi) is 2.47. The third kappa shape index (κ3) is 1.65. The maximum Gasteiger partial charge on any atom is 0.310 e. The molecule has 1 N–H and O–H groups in total. The van der Waals surface area contributed by atoms with Crippen LogP contribution in [0.25, 0.3) is 0 Å². The van der Waals surface area contributed by atoms with Gasteiger partial charge < -0.3 is 14.7 Å². The Labute approximate surface area is 121 Å². The monoisotopic (exact) mass is 286 g/mol. The molecule has 2 bridgehead atoms. The van der Waals surface area contributed by atoms with Gasteiger partial charge in [-0.05, 0) is 11.6 Å². The summed E-state index contributed by atoms with van der Waals surface area (Å²) in [5.74, 6) is -2.49. The average molecular weight is 286 g/mol. The second kappa shape index (κ2) is 4.14. The van der Waals surface area contributed by atoms with E-state index in [2.05, 4.69) is 4.98 Å². The summed E-state index contributed by atoms with van der Waals surface area (Å²) in [6.07, 6.45) is 6.55. The number of amides is 1. The van der Waals surface area contributed by atoms with E-state index in [9.17, 15) is 14.7 Å². The van der Waals surface area contributed by atoms with Gasteiger partial charge in [0.2, 0.25) is 5.91 Å². The fraction of sp³-hybridized carbons (Fsp3) is 0.400. The summed E-state index contributed by atoms with van der Waals surface area (Å²) in [6.45, 7) is 0.835. The van der Waals surface area contributed by atoms with E-state index in [1.807, 2.05) is 18.2 Å². The fourth-order valence-electron chi connectivity index (χ4n) is 3.71. The number of carbonyl (C=O) groups is 2. The van der Waals surface area contributed by atoms with E-state index in [-0.39, 0.29) is 5.91 Å². The molecule has 6 heteroatoms. The number of likely N-dealkylation sites (tertiary alicyclic amines) is 1. The molecule has 1 aromatic heterocycles. The van der Waals surface area contributed by atoms with Crippen molar-refractivity contribution in [3.8, 4) is 0 Å². The van der Waals surface area contributed by atoms with Crippen LogP contribution in [0.5, 0.6) is 0 Å². The van der Waals surface area contributed by atoms with Crippen LogP contribution in [0.4, 0.5) is 0 Å². The number of ether oxygens (including phenoxy) is 1. The van der Waals surface area contributed by atoms with Crippen molar-refractivity contribution in [2.24, 2.45) is 11.8 Å². The van der Waals surface area contributed by atoms with Gasteiger partial charge in [-0.15, -0.1) is 0 Å². The van der Waals surface area contributed by atoms with E-state index >= 15 is 0 Å². The van der Waals surface area contributed by atoms with Crippen LogP contribution in [-0.4, -0.2) is 45.1 Å². The second-order valence-corrected chi connectivity index (χ2v) is 5.79. The summed E-state index contributed by atoms with van der Waals surface area (Å²) >= 11 is 0. The molecule has 1 aromatic rings. The lowest BCUT2D eigenvalue weighted by atomic mass is 9.77. The number of carboxylic acids is 1. The van der Waals surface area contributed by atoms with E-state index in [4.69, 9.17) is 4.74 Å². The Bertz CT molecular complexity index is 644. The van der Waals surface area contributed by atoms with Gasteiger partial charge in [-0.2, -0.15) is 0 Å². The number of aliphatic carboxylic acids is 1. The number of nitrogens with zero attached hydrogens (tertiary/aromatic N) is 2. The zero-order chi connectivity index (χ0) is 14.6. The van der Waals surface area contributed by atoms with Gasteiger partial charge in [0.1, 0.15) is 11.5 Å². The molecule has 6 nitrogen and oxygen atoms in total. The second-order valence-electron chi connectivity index (χ2n) is 5.79. The number of aromatic nitrogens is 1. The number of pyridine rings is 1. The normalized spacial score (nSPS) is 36.3. The van der Waals surface area contributed by atoms with E-state index in [0.717, 1.165) is 5.56 Å². The van der Waals surface area contributed by atoms with Crippen LogP contribution in [0, 0.1) is 11.8 Å². The van der Waals surface area contributed by atoms with Crippen LogP contribution < -0.4 is 0 Å². The lowest BCUT2D eigenvalue weighted by molar-refractivity contribution is -0.148. The molecule has 4 heterocycles.